The molecular formula is C33H28N4O10S2. The van der Waals surface area contributed by atoms with Crippen LogP contribution in [0.25, 0.3) is 0 Å². The third kappa shape index (κ3) is 6.27. The Labute approximate surface area is 286 Å². The minimum atomic E-state index is -1.01. The number of nitrogens with zero attached hydrogens (tertiary/aromatic N) is 3. The first-order chi connectivity index (χ1) is 23.5. The van der Waals surface area contributed by atoms with Crippen LogP contribution in [0.15, 0.2) is 76.6 Å². The maximum absolute atomic E-state index is 14.1. The number of carbonyl (C=O) groups excluding carboxylic acids is 4. The smallest absolute Gasteiger partial charge is 0.338 e. The Hall–Kier alpha value is -5.48. The van der Waals surface area contributed by atoms with Gasteiger partial charge >= 0.3 is 10.8 Å². The van der Waals surface area contributed by atoms with Gasteiger partial charge in [0.15, 0.2) is 11.5 Å². The van der Waals surface area contributed by atoms with Gasteiger partial charge in [0.25, 0.3) is 5.69 Å². The largest absolute Gasteiger partial charge is 0.504 e. The van der Waals surface area contributed by atoms with Crippen LogP contribution in [-0.2, 0) is 25.7 Å². The minimum Gasteiger partial charge on any atom is -0.504 e. The normalized spacial score (nSPS) is 18.1. The number of hydrogen-bond acceptors (Lipinski definition) is 12. The summed E-state index contributed by atoms with van der Waals surface area (Å²) in [5, 5.41) is 23.7. The van der Waals surface area contributed by atoms with E-state index in [0.29, 0.717) is 26.7 Å². The maximum atomic E-state index is 14.1. The van der Waals surface area contributed by atoms with Gasteiger partial charge in [0.05, 0.1) is 40.3 Å². The molecule has 0 spiro atoms. The van der Waals surface area contributed by atoms with E-state index in [1.165, 1.54) is 59.2 Å². The quantitative estimate of drug-likeness (QED) is 0.102. The SMILES string of the molecule is CCOC(=O)c1ccc(NC(=O)Cn2c3c(sc2=O)[C@@H](c2ccc(O)c(OCC)c2)[C@H]2C(=O)N(c4ccc([N+](=O)[O-])cc4)C(=O)[C@H]2S3)cc1. The zero-order valence-corrected chi connectivity index (χ0v) is 27.6. The number of nitro groups is 1. The predicted octanol–water partition coefficient (Wildman–Crippen LogP) is 4.53. The molecule has 252 valence electrons. The van der Waals surface area contributed by atoms with Crippen molar-refractivity contribution in [1.29, 1.82) is 0 Å². The van der Waals surface area contributed by atoms with Gasteiger partial charge in [-0.3, -0.25) is 33.9 Å². The van der Waals surface area contributed by atoms with Gasteiger partial charge in [-0.05, 0) is 67.9 Å². The van der Waals surface area contributed by atoms with E-state index in [-0.39, 0.29) is 36.1 Å². The number of hydrogen-bond donors (Lipinski definition) is 2. The third-order valence-electron chi connectivity index (χ3n) is 7.99. The highest BCUT2D eigenvalue weighted by molar-refractivity contribution is 8.00. The second-order valence-corrected chi connectivity index (χ2v) is 13.1. The first-order valence-electron chi connectivity index (χ1n) is 15.1. The van der Waals surface area contributed by atoms with Crippen molar-refractivity contribution in [3.8, 4) is 11.5 Å². The number of anilines is 2. The number of imide groups is 1. The van der Waals surface area contributed by atoms with Crippen molar-refractivity contribution in [1.82, 2.24) is 4.57 Å². The Bertz CT molecular complexity index is 2040. The van der Waals surface area contributed by atoms with Crippen molar-refractivity contribution in [3.05, 3.63) is 103 Å². The molecule has 0 aliphatic carbocycles. The van der Waals surface area contributed by atoms with Crippen LogP contribution in [-0.4, -0.2) is 56.8 Å². The molecule has 2 aliphatic heterocycles. The van der Waals surface area contributed by atoms with Gasteiger partial charge in [-0.25, -0.2) is 9.69 Å². The minimum absolute atomic E-state index is 0.133. The number of phenolic OH excluding ortho intramolecular Hbond substituents is 1. The summed E-state index contributed by atoms with van der Waals surface area (Å²) in [6.45, 7) is 3.48. The molecule has 16 heteroatoms. The van der Waals surface area contributed by atoms with Gasteiger partial charge in [-0.2, -0.15) is 0 Å². The van der Waals surface area contributed by atoms with E-state index in [4.69, 9.17) is 9.47 Å². The number of phenols is 1. The average molecular weight is 705 g/mol. The van der Waals surface area contributed by atoms with Gasteiger partial charge in [-0.15, -0.1) is 0 Å². The number of thioether (sulfide) groups is 1. The molecule has 14 nitrogen and oxygen atoms in total. The third-order valence-corrected chi connectivity index (χ3v) is 10.6. The van der Waals surface area contributed by atoms with E-state index in [0.717, 1.165) is 28.0 Å². The summed E-state index contributed by atoms with van der Waals surface area (Å²) in [7, 11) is 0. The number of nitrogens with one attached hydrogen (secondary N) is 1. The molecule has 3 heterocycles. The fourth-order valence-electron chi connectivity index (χ4n) is 5.84. The molecule has 0 bridgehead atoms. The van der Waals surface area contributed by atoms with E-state index in [9.17, 15) is 39.2 Å². The molecule has 1 aromatic heterocycles. The zero-order chi connectivity index (χ0) is 35.0. The lowest BCUT2D eigenvalue weighted by Crippen LogP contribution is -2.33. The highest BCUT2D eigenvalue weighted by Gasteiger charge is 2.57. The van der Waals surface area contributed by atoms with Crippen LogP contribution in [0.1, 0.15) is 40.6 Å². The topological polar surface area (TPSA) is 187 Å². The summed E-state index contributed by atoms with van der Waals surface area (Å²) in [5.74, 6) is -3.99. The maximum Gasteiger partial charge on any atom is 0.338 e. The number of fused-ring (bicyclic) bond motifs is 2. The fraction of sp³-hybridized carbons (Fsp3) is 0.242. The summed E-state index contributed by atoms with van der Waals surface area (Å²) in [6, 6.07) is 15.7. The summed E-state index contributed by atoms with van der Waals surface area (Å²) >= 11 is 1.86. The number of esters is 1. The first kappa shape index (κ1) is 33.4. The molecule has 3 atom stereocenters. The molecule has 2 N–H and O–H groups in total. The molecule has 49 heavy (non-hydrogen) atoms. The van der Waals surface area contributed by atoms with Crippen LogP contribution in [0.5, 0.6) is 11.5 Å². The zero-order valence-electron chi connectivity index (χ0n) is 26.0. The van der Waals surface area contributed by atoms with Crippen molar-refractivity contribution >= 4 is 63.9 Å². The van der Waals surface area contributed by atoms with E-state index in [1.54, 1.807) is 26.0 Å². The van der Waals surface area contributed by atoms with Crippen molar-refractivity contribution in [3.63, 3.8) is 0 Å². The van der Waals surface area contributed by atoms with Gasteiger partial charge < -0.3 is 19.9 Å². The number of aromatic nitrogens is 1. The van der Waals surface area contributed by atoms with Crippen LogP contribution in [0, 0.1) is 16.0 Å². The molecule has 0 unspecified atom stereocenters. The molecule has 3 aromatic carbocycles. The summed E-state index contributed by atoms with van der Waals surface area (Å²) in [5.41, 5.74) is 1.14. The number of carbonyl (C=O) groups is 4. The summed E-state index contributed by atoms with van der Waals surface area (Å²) in [4.78, 5) is 78.4. The number of rotatable bonds is 10. The Morgan fingerprint density at radius 3 is 2.35 bits per heavy atom. The Balaban J connectivity index is 1.36. The highest BCUT2D eigenvalue weighted by Crippen LogP contribution is 2.54. The molecule has 1 fully saturated rings. The van der Waals surface area contributed by atoms with E-state index >= 15 is 0 Å². The van der Waals surface area contributed by atoms with Crippen molar-refractivity contribution in [2.75, 3.05) is 23.4 Å². The van der Waals surface area contributed by atoms with Crippen molar-refractivity contribution < 1.29 is 38.7 Å². The van der Waals surface area contributed by atoms with Crippen LogP contribution >= 0.6 is 23.1 Å². The number of amides is 3. The van der Waals surface area contributed by atoms with Crippen LogP contribution < -0.4 is 19.8 Å². The van der Waals surface area contributed by atoms with Gasteiger partial charge in [0.1, 0.15) is 11.8 Å². The van der Waals surface area contributed by atoms with Gasteiger partial charge in [-0.1, -0.05) is 29.2 Å². The Morgan fingerprint density at radius 2 is 1.69 bits per heavy atom. The number of ether oxygens (including phenoxy) is 2. The second kappa shape index (κ2) is 13.6. The van der Waals surface area contributed by atoms with E-state index in [1.807, 2.05) is 0 Å². The summed E-state index contributed by atoms with van der Waals surface area (Å²) in [6.07, 6.45) is 0. The molecule has 4 aromatic rings. The lowest BCUT2D eigenvalue weighted by Gasteiger charge is -2.31. The van der Waals surface area contributed by atoms with Gasteiger partial charge in [0.2, 0.25) is 17.7 Å². The molecule has 0 saturated carbocycles. The number of aromatic hydroxyl groups is 1. The number of benzene rings is 3. The van der Waals surface area contributed by atoms with Crippen LogP contribution in [0.4, 0.5) is 17.1 Å². The van der Waals surface area contributed by atoms with Crippen LogP contribution in [0.2, 0.25) is 0 Å². The fourth-order valence-corrected chi connectivity index (χ4v) is 8.61. The predicted molar refractivity (Wildman–Crippen MR) is 179 cm³/mol. The van der Waals surface area contributed by atoms with Gasteiger partial charge in [0, 0.05) is 28.6 Å². The molecule has 6 rings (SSSR count). The number of thiazole rings is 1. The van der Waals surface area contributed by atoms with Crippen LogP contribution in [0.3, 0.4) is 0 Å². The number of nitro benzene ring substituents is 1. The highest BCUT2D eigenvalue weighted by atomic mass is 32.2. The van der Waals surface area contributed by atoms with E-state index < -0.39 is 57.1 Å². The molecule has 2 aliphatic rings. The van der Waals surface area contributed by atoms with Crippen molar-refractivity contribution in [2.24, 2.45) is 5.92 Å². The first-order valence-corrected chi connectivity index (χ1v) is 16.8. The monoisotopic (exact) mass is 704 g/mol. The lowest BCUT2D eigenvalue weighted by atomic mass is 9.83. The lowest BCUT2D eigenvalue weighted by molar-refractivity contribution is -0.384. The number of non-ortho nitro benzene ring substituents is 1. The average Bonchev–Trinajstić information content (AvgIpc) is 3.52. The standard InChI is InChI=1S/C33H28N4O10S2/c1-3-46-23-15-18(7-14-22(23)38)25-26-27(30(41)36(29(26)40)20-10-12-21(13-11-20)37(44)45)48-31-28(25)49-33(43)35(31)16-24(39)34-19-8-5-17(6-9-19)32(42)47-4-2/h5-15,25-27,38H,3-4,16H2,1-2H3,(H,34,39)/t25-,26+,27-/m0/s1. The van der Waals surface area contributed by atoms with E-state index in [2.05, 4.69) is 5.32 Å². The van der Waals surface area contributed by atoms with Crippen molar-refractivity contribution in [2.45, 2.75) is 36.6 Å². The second-order valence-electron chi connectivity index (χ2n) is 11.0. The molecule has 1 saturated heterocycles. The molecule has 0 radical (unpaired) electrons. The Kier molecular flexibility index (Phi) is 9.25. The Morgan fingerprint density at radius 1 is 0.980 bits per heavy atom. The molecular weight excluding hydrogens is 677 g/mol. The summed E-state index contributed by atoms with van der Waals surface area (Å²) < 4.78 is 11.8. The molecule has 3 amide bonds.